The average molecular weight is 642 g/mol. The molecule has 11 heteroatoms. The summed E-state index contributed by atoms with van der Waals surface area (Å²) in [6.45, 7) is 1.30. The molecule has 3 aromatic rings. The molecule has 2 amide bonds. The number of nitrogens with zero attached hydrogens (tertiary/aromatic N) is 2. The Kier molecular flexibility index (Phi) is 11.5. The van der Waals surface area contributed by atoms with Crippen LogP contribution in [0.25, 0.3) is 0 Å². The van der Waals surface area contributed by atoms with Gasteiger partial charge in [0.25, 0.3) is 10.0 Å². The molecule has 4 rings (SSSR count). The first kappa shape index (κ1) is 33.1. The summed E-state index contributed by atoms with van der Waals surface area (Å²) in [4.78, 5) is 29.5. The minimum Gasteiger partial charge on any atom is -0.493 e. The zero-order valence-corrected chi connectivity index (χ0v) is 26.9. The average Bonchev–Trinajstić information content (AvgIpc) is 3.04. The molecule has 1 saturated carbocycles. The van der Waals surface area contributed by atoms with Crippen molar-refractivity contribution < 1.29 is 27.5 Å². The number of hydrogen-bond acceptors (Lipinski definition) is 6. The van der Waals surface area contributed by atoms with Crippen molar-refractivity contribution in [1.29, 1.82) is 0 Å². The smallest absolute Gasteiger partial charge is 0.264 e. The third kappa shape index (κ3) is 7.84. The van der Waals surface area contributed by atoms with E-state index in [1.165, 1.54) is 37.3 Å². The van der Waals surface area contributed by atoms with Crippen LogP contribution in [0, 0.1) is 0 Å². The van der Waals surface area contributed by atoms with Crippen LogP contribution in [0.1, 0.15) is 51.0 Å². The third-order valence-corrected chi connectivity index (χ3v) is 10.1. The number of ether oxygens (including phenoxy) is 2. The fourth-order valence-electron chi connectivity index (χ4n) is 5.50. The number of carbonyl (C=O) groups is 2. The molecule has 236 valence electrons. The Labute approximate surface area is 265 Å². The molecule has 1 atom stereocenters. The fraction of sp³-hybridized carbons (Fsp3) is 0.394. The number of sulfonamides is 1. The van der Waals surface area contributed by atoms with Crippen LogP contribution in [0.5, 0.6) is 11.5 Å². The van der Waals surface area contributed by atoms with Crippen molar-refractivity contribution in [2.75, 3.05) is 25.1 Å². The number of carbonyl (C=O) groups excluding carboxylic acids is 2. The second-order valence-corrected chi connectivity index (χ2v) is 13.0. The highest BCUT2D eigenvalue weighted by atomic mass is 35.5. The van der Waals surface area contributed by atoms with Crippen molar-refractivity contribution in [2.45, 2.75) is 69.0 Å². The molecule has 0 saturated heterocycles. The Balaban J connectivity index is 1.75. The lowest BCUT2D eigenvalue weighted by atomic mass is 9.95. The molecule has 1 fully saturated rings. The van der Waals surface area contributed by atoms with Gasteiger partial charge in [-0.3, -0.25) is 13.9 Å². The van der Waals surface area contributed by atoms with Crippen molar-refractivity contribution in [3.8, 4) is 11.5 Å². The second kappa shape index (κ2) is 15.3. The molecular formula is C33H40ClN3O6S. The van der Waals surface area contributed by atoms with Crippen molar-refractivity contribution in [3.63, 3.8) is 0 Å². The molecule has 0 radical (unpaired) electrons. The van der Waals surface area contributed by atoms with E-state index in [1.807, 2.05) is 13.0 Å². The van der Waals surface area contributed by atoms with Gasteiger partial charge in [0.2, 0.25) is 11.8 Å². The fourth-order valence-corrected chi connectivity index (χ4v) is 7.12. The van der Waals surface area contributed by atoms with Gasteiger partial charge < -0.3 is 19.7 Å². The van der Waals surface area contributed by atoms with E-state index in [-0.39, 0.29) is 29.1 Å². The molecule has 1 unspecified atom stereocenters. The van der Waals surface area contributed by atoms with Crippen LogP contribution in [0.3, 0.4) is 0 Å². The predicted octanol–water partition coefficient (Wildman–Crippen LogP) is 5.81. The van der Waals surface area contributed by atoms with Crippen LogP contribution in [-0.4, -0.2) is 58.0 Å². The Morgan fingerprint density at radius 3 is 2.23 bits per heavy atom. The van der Waals surface area contributed by atoms with Crippen LogP contribution < -0.4 is 19.1 Å². The summed E-state index contributed by atoms with van der Waals surface area (Å²) in [5.41, 5.74) is 0.854. The van der Waals surface area contributed by atoms with Gasteiger partial charge in [-0.25, -0.2) is 8.42 Å². The topological polar surface area (TPSA) is 105 Å². The van der Waals surface area contributed by atoms with E-state index in [0.29, 0.717) is 28.5 Å². The number of amides is 2. The van der Waals surface area contributed by atoms with Crippen LogP contribution in [-0.2, 0) is 26.2 Å². The maximum atomic E-state index is 14.3. The van der Waals surface area contributed by atoms with Crippen molar-refractivity contribution >= 4 is 39.1 Å². The molecule has 0 heterocycles. The maximum Gasteiger partial charge on any atom is 0.264 e. The normalized spacial score (nSPS) is 14.4. The lowest BCUT2D eigenvalue weighted by Crippen LogP contribution is -2.54. The third-order valence-electron chi connectivity index (χ3n) is 7.90. The molecule has 0 aromatic heterocycles. The molecule has 1 N–H and O–H groups in total. The summed E-state index contributed by atoms with van der Waals surface area (Å²) in [6, 6.07) is 18.9. The van der Waals surface area contributed by atoms with Crippen LogP contribution in [0.2, 0.25) is 5.02 Å². The molecule has 44 heavy (non-hydrogen) atoms. The Bertz CT molecular complexity index is 1530. The summed E-state index contributed by atoms with van der Waals surface area (Å²) < 4.78 is 40.0. The van der Waals surface area contributed by atoms with Gasteiger partial charge in [0.05, 0.1) is 24.8 Å². The van der Waals surface area contributed by atoms with E-state index in [2.05, 4.69) is 5.32 Å². The van der Waals surface area contributed by atoms with Crippen LogP contribution in [0.4, 0.5) is 5.69 Å². The number of benzene rings is 3. The maximum absolute atomic E-state index is 14.3. The van der Waals surface area contributed by atoms with E-state index in [4.69, 9.17) is 21.1 Å². The summed E-state index contributed by atoms with van der Waals surface area (Å²) in [7, 11) is -1.29. The first-order valence-corrected chi connectivity index (χ1v) is 16.6. The minimum atomic E-state index is -4.22. The highest BCUT2D eigenvalue weighted by molar-refractivity contribution is 7.92. The van der Waals surface area contributed by atoms with Crippen molar-refractivity contribution in [1.82, 2.24) is 10.2 Å². The van der Waals surface area contributed by atoms with Gasteiger partial charge in [-0.05, 0) is 55.2 Å². The van der Waals surface area contributed by atoms with Gasteiger partial charge in [0.1, 0.15) is 12.6 Å². The molecule has 9 nitrogen and oxygen atoms in total. The van der Waals surface area contributed by atoms with Gasteiger partial charge in [-0.2, -0.15) is 0 Å². The predicted molar refractivity (Wildman–Crippen MR) is 172 cm³/mol. The van der Waals surface area contributed by atoms with Crippen molar-refractivity contribution in [2.24, 2.45) is 0 Å². The quantitative estimate of drug-likeness (QED) is 0.253. The lowest BCUT2D eigenvalue weighted by molar-refractivity contribution is -0.140. The number of anilines is 1. The summed E-state index contributed by atoms with van der Waals surface area (Å²) >= 11 is 6.50. The molecule has 1 aliphatic rings. The SMILES string of the molecule is CCC(C(=O)NC1CCCCC1)N(Cc1ccccc1Cl)C(=O)CN(c1ccc(OC)c(OC)c1)S(=O)(=O)c1ccccc1. The Morgan fingerprint density at radius 1 is 0.932 bits per heavy atom. The van der Waals surface area contributed by atoms with Gasteiger partial charge in [-0.15, -0.1) is 0 Å². The van der Waals surface area contributed by atoms with E-state index in [0.717, 1.165) is 36.4 Å². The van der Waals surface area contributed by atoms with Crippen molar-refractivity contribution in [3.05, 3.63) is 83.4 Å². The Morgan fingerprint density at radius 2 is 1.59 bits per heavy atom. The lowest BCUT2D eigenvalue weighted by Gasteiger charge is -2.34. The largest absolute Gasteiger partial charge is 0.493 e. The number of hydrogen-bond donors (Lipinski definition) is 1. The van der Waals surface area contributed by atoms with Gasteiger partial charge in [0.15, 0.2) is 11.5 Å². The van der Waals surface area contributed by atoms with Gasteiger partial charge in [-0.1, -0.05) is 74.2 Å². The first-order chi connectivity index (χ1) is 21.2. The zero-order chi connectivity index (χ0) is 31.7. The van der Waals surface area contributed by atoms with E-state index < -0.39 is 28.5 Å². The molecule has 0 spiro atoms. The Hall–Kier alpha value is -3.76. The van der Waals surface area contributed by atoms with Crippen LogP contribution >= 0.6 is 11.6 Å². The zero-order valence-electron chi connectivity index (χ0n) is 25.4. The monoisotopic (exact) mass is 641 g/mol. The summed E-state index contributed by atoms with van der Waals surface area (Å²) in [6.07, 6.45) is 5.34. The first-order valence-electron chi connectivity index (χ1n) is 14.8. The number of methoxy groups -OCH3 is 2. The van der Waals surface area contributed by atoms with Crippen LogP contribution in [0.15, 0.2) is 77.7 Å². The number of rotatable bonds is 13. The van der Waals surface area contributed by atoms with E-state index >= 15 is 0 Å². The number of halogens is 1. The molecule has 0 aliphatic heterocycles. The van der Waals surface area contributed by atoms with E-state index in [9.17, 15) is 18.0 Å². The van der Waals surface area contributed by atoms with Gasteiger partial charge >= 0.3 is 0 Å². The summed E-state index contributed by atoms with van der Waals surface area (Å²) in [5.74, 6) is -0.101. The molecule has 1 aliphatic carbocycles. The standard InChI is InChI=1S/C33H40ClN3O6S/c1-4-29(33(39)35-25-14-7-5-8-15-25)36(22-24-13-11-12-18-28(24)34)32(38)23-37(44(40,41)27-16-9-6-10-17-27)26-19-20-30(42-2)31(21-26)43-3/h6,9-13,16-21,25,29H,4-5,7-8,14-15,22-23H2,1-3H3,(H,35,39). The minimum absolute atomic E-state index is 0.0160. The molecule has 0 bridgehead atoms. The molecular weight excluding hydrogens is 602 g/mol. The summed E-state index contributed by atoms with van der Waals surface area (Å²) in [5, 5.41) is 3.59. The molecule has 3 aromatic carbocycles. The number of nitrogens with one attached hydrogen (secondary N) is 1. The second-order valence-electron chi connectivity index (χ2n) is 10.7. The van der Waals surface area contributed by atoms with Gasteiger partial charge in [0, 0.05) is 23.7 Å². The van der Waals surface area contributed by atoms with E-state index in [1.54, 1.807) is 48.5 Å². The highest BCUT2D eigenvalue weighted by Gasteiger charge is 2.35. The highest BCUT2D eigenvalue weighted by Crippen LogP contribution is 2.34.